The van der Waals surface area contributed by atoms with E-state index < -0.39 is 6.16 Å². The number of carbonyl (C=O) groups excluding carboxylic acids is 1. The summed E-state index contributed by atoms with van der Waals surface area (Å²) in [5.74, 6) is 0. The van der Waals surface area contributed by atoms with Gasteiger partial charge in [-0.1, -0.05) is 0 Å². The number of carbonyl (C=O) groups is 1. The molecule has 0 fully saturated rings. The molecule has 7 heteroatoms. The van der Waals surface area contributed by atoms with E-state index in [4.69, 9.17) is 15.0 Å². The van der Waals surface area contributed by atoms with Crippen molar-refractivity contribution in [3.05, 3.63) is 0 Å². The molecular formula is CCaCeFLaO3+5. The van der Waals surface area contributed by atoms with Crippen LogP contribution < -0.4 is 14.9 Å². The van der Waals surface area contributed by atoms with Crippen LogP contribution in [0.2, 0.25) is 0 Å². The van der Waals surface area contributed by atoms with Crippen molar-refractivity contribution < 1.29 is 97.1 Å². The Labute approximate surface area is 137 Å². The minimum Gasteiger partial charge on any atom is -1.00 e. The van der Waals surface area contributed by atoms with Gasteiger partial charge in [-0.25, -0.2) is 0 Å². The molecule has 0 aromatic heterocycles. The normalized spacial score (nSPS) is 3.00. The van der Waals surface area contributed by atoms with Gasteiger partial charge in [0.05, 0.1) is 0 Å². The molecule has 0 N–H and O–H groups in total. The largest absolute Gasteiger partial charge is 3.00 e. The molecule has 33 valence electrons. The molecule has 0 aromatic carbocycles. The molecule has 0 aliphatic carbocycles. The van der Waals surface area contributed by atoms with Gasteiger partial charge in [-0.15, -0.1) is 0 Å². The third-order valence-corrected chi connectivity index (χ3v) is 0. The summed E-state index contributed by atoms with van der Waals surface area (Å²) in [5, 5.41) is 16.7. The molecule has 0 saturated carbocycles. The Morgan fingerprint density at radius 1 is 1.25 bits per heavy atom. The van der Waals surface area contributed by atoms with Crippen LogP contribution in [0.4, 0.5) is 4.79 Å². The maximum Gasteiger partial charge on any atom is 3.00 e. The van der Waals surface area contributed by atoms with Crippen molar-refractivity contribution in [2.45, 2.75) is 0 Å². The number of rotatable bonds is 0. The Morgan fingerprint density at radius 3 is 1.25 bits per heavy atom. The van der Waals surface area contributed by atoms with Gasteiger partial charge in [-0.3, -0.25) is 0 Å². The maximum absolute atomic E-state index is 8.33. The van der Waals surface area contributed by atoms with E-state index in [1.165, 1.54) is 0 Å². The van der Waals surface area contributed by atoms with Gasteiger partial charge in [0.2, 0.25) is 0 Å². The minimum atomic E-state index is -2.33. The quantitative estimate of drug-likeness (QED) is 0.382. The molecule has 0 unspecified atom stereocenters. The molecule has 0 heterocycles. The van der Waals surface area contributed by atoms with E-state index >= 15 is 0 Å². The van der Waals surface area contributed by atoms with Crippen LogP contribution >= 0.6 is 0 Å². The number of hydrogen-bond acceptors (Lipinski definition) is 3. The molecule has 0 rings (SSSR count). The van der Waals surface area contributed by atoms with E-state index in [1.807, 2.05) is 0 Å². The van der Waals surface area contributed by atoms with Gasteiger partial charge in [0.15, 0.2) is 0 Å². The molecule has 1 radical (unpaired) electrons. The predicted octanol–water partition coefficient (Wildman–Crippen LogP) is -5.82. The van der Waals surface area contributed by atoms with E-state index in [2.05, 4.69) is 0 Å². The first-order valence-electron chi connectivity index (χ1n) is 0.612. The molecule has 0 aliphatic heterocycles. The summed E-state index contributed by atoms with van der Waals surface area (Å²) < 4.78 is 0. The number of hydrogen-bond donors (Lipinski definition) is 0. The molecule has 0 aromatic rings. The zero-order chi connectivity index (χ0) is 3.58. The average Bonchev–Trinajstić information content (AvgIpc) is 0.811. The smallest absolute Gasteiger partial charge is 1.00 e. The number of halogens is 1. The van der Waals surface area contributed by atoms with Gasteiger partial charge in [0.25, 0.3) is 0 Å². The summed E-state index contributed by atoms with van der Waals surface area (Å²) in [7, 11) is 0. The Bertz CT molecular complexity index is 42.3. The zero-order valence-corrected chi connectivity index (χ0v) is 12.9. The monoisotopic (exact) mass is 398 g/mol. The Hall–Kier alpha value is 3.03. The Morgan fingerprint density at radius 2 is 1.25 bits per heavy atom. The van der Waals surface area contributed by atoms with Gasteiger partial charge < -0.3 is 19.7 Å². The van der Waals surface area contributed by atoms with Crippen LogP contribution in [-0.2, 0) is 0 Å². The molecule has 0 aliphatic rings. The van der Waals surface area contributed by atoms with Crippen molar-refractivity contribution >= 4 is 43.9 Å². The summed E-state index contributed by atoms with van der Waals surface area (Å²) in [5.41, 5.74) is 0. The second kappa shape index (κ2) is 22.5. The minimum absolute atomic E-state index is 0. The molecular weight excluding hydrogens is 398 g/mol. The van der Waals surface area contributed by atoms with Crippen LogP contribution in [-0.4, -0.2) is 43.9 Å². The molecule has 8 heavy (non-hydrogen) atoms. The summed E-state index contributed by atoms with van der Waals surface area (Å²) >= 11 is 0. The fourth-order valence-corrected chi connectivity index (χ4v) is 0. The summed E-state index contributed by atoms with van der Waals surface area (Å²) in [6, 6.07) is 0. The maximum atomic E-state index is 8.33. The summed E-state index contributed by atoms with van der Waals surface area (Å²) in [4.78, 5) is 8.33. The first-order chi connectivity index (χ1) is 1.73. The Kier molecular flexibility index (Phi) is 85.8. The van der Waals surface area contributed by atoms with Crippen LogP contribution in [0.1, 0.15) is 0 Å². The molecule has 0 saturated heterocycles. The third kappa shape index (κ3) is 63.4. The van der Waals surface area contributed by atoms with E-state index in [0.29, 0.717) is 0 Å². The predicted molar refractivity (Wildman–Crippen MR) is 11.1 cm³/mol. The molecule has 0 spiro atoms. The van der Waals surface area contributed by atoms with Crippen molar-refractivity contribution in [1.29, 1.82) is 0 Å². The van der Waals surface area contributed by atoms with Gasteiger partial charge in [-0.05, 0) is 6.16 Å². The van der Waals surface area contributed by atoms with Crippen LogP contribution in [0.3, 0.4) is 0 Å². The second-order valence-corrected chi connectivity index (χ2v) is 0.250. The molecule has 0 amide bonds. The molecule has 0 atom stereocenters. The fraction of sp³-hybridized carbons (Fsp3) is 0. The summed E-state index contributed by atoms with van der Waals surface area (Å²) in [6.07, 6.45) is -2.33. The third-order valence-electron chi connectivity index (χ3n) is 0. The van der Waals surface area contributed by atoms with Crippen molar-refractivity contribution in [3.63, 3.8) is 0 Å². The van der Waals surface area contributed by atoms with E-state index in [0.717, 1.165) is 0 Å². The standard InChI is InChI=1S/CH2O3.Ca.Ce.FH.La/c2-1(3)4;;;;/h(H2,2,3,4);;;1H;/q;+2;+3;;+3/p-3. The number of carboxylic acid groups (broad SMARTS) is 2. The van der Waals surface area contributed by atoms with Crippen LogP contribution in [0.25, 0.3) is 0 Å². The van der Waals surface area contributed by atoms with Gasteiger partial charge in [-0.2, -0.15) is 0 Å². The SMILES string of the molecule is O=C([O-])[O-].[Ca+2].[Ce+3].[F-].[La+3]. The second-order valence-electron chi connectivity index (χ2n) is 0.250. The summed E-state index contributed by atoms with van der Waals surface area (Å²) in [6.45, 7) is 0. The average molecular weight is 398 g/mol. The first-order valence-corrected chi connectivity index (χ1v) is 0.612. The fourth-order valence-electron chi connectivity index (χ4n) is 0. The molecule has 0 bridgehead atoms. The Balaban J connectivity index is -0.00000000750. The first kappa shape index (κ1) is 30.5. The van der Waals surface area contributed by atoms with E-state index in [1.54, 1.807) is 0 Å². The van der Waals surface area contributed by atoms with Crippen LogP contribution in [0.15, 0.2) is 0 Å². The van der Waals surface area contributed by atoms with Crippen LogP contribution in [0, 0.1) is 77.3 Å². The van der Waals surface area contributed by atoms with Crippen molar-refractivity contribution in [2.75, 3.05) is 0 Å². The van der Waals surface area contributed by atoms with Gasteiger partial charge in [0.1, 0.15) is 0 Å². The van der Waals surface area contributed by atoms with Crippen LogP contribution in [0.5, 0.6) is 0 Å². The molecule has 3 nitrogen and oxygen atoms in total. The van der Waals surface area contributed by atoms with Gasteiger partial charge in [0, 0.05) is 0 Å². The van der Waals surface area contributed by atoms with Crippen molar-refractivity contribution in [1.82, 2.24) is 0 Å². The van der Waals surface area contributed by atoms with E-state index in [-0.39, 0.29) is 120 Å². The van der Waals surface area contributed by atoms with Gasteiger partial charge >= 0.3 is 115 Å². The van der Waals surface area contributed by atoms with Crippen molar-refractivity contribution in [3.8, 4) is 0 Å². The van der Waals surface area contributed by atoms with Crippen molar-refractivity contribution in [2.24, 2.45) is 0 Å². The zero-order valence-electron chi connectivity index (χ0n) is 3.89. The van der Waals surface area contributed by atoms with E-state index in [9.17, 15) is 0 Å². The topological polar surface area (TPSA) is 63.2 Å².